The minimum Gasteiger partial charge on any atom is -0.480 e. The van der Waals surface area contributed by atoms with Gasteiger partial charge in [0.2, 0.25) is 5.88 Å². The van der Waals surface area contributed by atoms with Crippen LogP contribution in [0.2, 0.25) is 0 Å². The maximum atomic E-state index is 12.4. The Hall–Kier alpha value is -2.83. The summed E-state index contributed by atoms with van der Waals surface area (Å²) in [6.07, 6.45) is 0.709. The molecule has 2 aromatic rings. The summed E-state index contributed by atoms with van der Waals surface area (Å²) < 4.78 is 11.3. The number of carboxylic acid groups (broad SMARTS) is 1. The molecule has 0 aliphatic carbocycles. The summed E-state index contributed by atoms with van der Waals surface area (Å²) in [7, 11) is 0. The van der Waals surface area contributed by atoms with Gasteiger partial charge in [-0.1, -0.05) is 17.7 Å². The Bertz CT molecular complexity index is 874. The molecule has 7 nitrogen and oxygen atoms in total. The van der Waals surface area contributed by atoms with Crippen molar-refractivity contribution >= 4 is 22.8 Å². The fraction of sp³-hybridized carbons (Fsp3) is 0.450. The predicted octanol–water partition coefficient (Wildman–Crippen LogP) is 3.38. The number of nitrogens with zero attached hydrogens (tertiary/aromatic N) is 2. The lowest BCUT2D eigenvalue weighted by molar-refractivity contribution is -0.142. The number of aliphatic carboxylic acids is 1. The Morgan fingerprint density at radius 1 is 1.26 bits per heavy atom. The van der Waals surface area contributed by atoms with Crippen molar-refractivity contribution in [1.82, 2.24) is 9.88 Å². The number of hydrogen-bond donors (Lipinski definition) is 1. The molecule has 1 aromatic carbocycles. The molecule has 1 aromatic heterocycles. The molecule has 1 N–H and O–H groups in total. The van der Waals surface area contributed by atoms with Crippen LogP contribution in [0.4, 0.5) is 4.79 Å². The molecular formula is C20H24N2O5. The molecule has 1 aliphatic heterocycles. The Balaban J connectivity index is 1.82. The molecular weight excluding hydrogens is 348 g/mol. The molecule has 3 rings (SSSR count). The van der Waals surface area contributed by atoms with Gasteiger partial charge in [-0.3, -0.25) is 4.90 Å². The number of aromatic nitrogens is 1. The minimum atomic E-state index is -1.08. The van der Waals surface area contributed by atoms with E-state index < -0.39 is 29.8 Å². The normalized spacial score (nSPS) is 19.9. The summed E-state index contributed by atoms with van der Waals surface area (Å²) in [5.74, 6) is -0.634. The average Bonchev–Trinajstić information content (AvgIpc) is 2.98. The first kappa shape index (κ1) is 18.9. The number of ether oxygens (including phenoxy) is 2. The third-order valence-corrected chi connectivity index (χ3v) is 4.34. The zero-order chi connectivity index (χ0) is 19.8. The monoisotopic (exact) mass is 372 g/mol. The highest BCUT2D eigenvalue weighted by Crippen LogP contribution is 2.29. The summed E-state index contributed by atoms with van der Waals surface area (Å²) in [4.78, 5) is 29.5. The molecule has 1 amide bonds. The number of likely N-dealkylation sites (tertiary alicyclic amines) is 1. The first-order chi connectivity index (χ1) is 12.6. The number of fused-ring (bicyclic) bond motifs is 1. The van der Waals surface area contributed by atoms with Crippen LogP contribution >= 0.6 is 0 Å². The lowest BCUT2D eigenvalue weighted by atomic mass is 10.1. The van der Waals surface area contributed by atoms with Crippen LogP contribution < -0.4 is 4.74 Å². The standard InChI is InChI=1S/C20H24N2O5/c1-12-5-6-13-7-8-21-17(15(13)9-12)26-14-10-16(18(23)24)22(11-14)19(25)27-20(2,3)4/h5-9,14,16H,10-11H2,1-4H3,(H,23,24). The predicted molar refractivity (Wildman–Crippen MR) is 99.9 cm³/mol. The number of amides is 1. The zero-order valence-corrected chi connectivity index (χ0v) is 15.9. The molecule has 1 aliphatic rings. The summed E-state index contributed by atoms with van der Waals surface area (Å²) in [6.45, 7) is 7.35. The summed E-state index contributed by atoms with van der Waals surface area (Å²) in [5, 5.41) is 11.4. The molecule has 1 saturated heterocycles. The Morgan fingerprint density at radius 2 is 2.00 bits per heavy atom. The van der Waals surface area contributed by atoms with E-state index in [2.05, 4.69) is 4.98 Å². The molecule has 0 bridgehead atoms. The second kappa shape index (κ2) is 7.06. The van der Waals surface area contributed by atoms with Gasteiger partial charge < -0.3 is 14.6 Å². The molecule has 2 heterocycles. The quantitative estimate of drug-likeness (QED) is 0.888. The highest BCUT2D eigenvalue weighted by atomic mass is 16.6. The van der Waals surface area contributed by atoms with Crippen LogP contribution in [-0.2, 0) is 9.53 Å². The van der Waals surface area contributed by atoms with E-state index in [1.165, 1.54) is 4.90 Å². The maximum Gasteiger partial charge on any atom is 0.411 e. The fourth-order valence-corrected chi connectivity index (χ4v) is 3.15. The van der Waals surface area contributed by atoms with E-state index in [0.717, 1.165) is 16.3 Å². The van der Waals surface area contributed by atoms with Crippen LogP contribution in [0.1, 0.15) is 32.8 Å². The van der Waals surface area contributed by atoms with Gasteiger partial charge in [-0.15, -0.1) is 0 Å². The van der Waals surface area contributed by atoms with Crippen molar-refractivity contribution in [3.05, 3.63) is 36.0 Å². The van der Waals surface area contributed by atoms with Crippen molar-refractivity contribution in [3.8, 4) is 5.88 Å². The van der Waals surface area contributed by atoms with Gasteiger partial charge in [0.25, 0.3) is 0 Å². The van der Waals surface area contributed by atoms with Crippen LogP contribution in [0.15, 0.2) is 30.5 Å². The minimum absolute atomic E-state index is 0.135. The number of hydrogen-bond acceptors (Lipinski definition) is 5. The molecule has 27 heavy (non-hydrogen) atoms. The molecule has 144 valence electrons. The van der Waals surface area contributed by atoms with Gasteiger partial charge in [-0.25, -0.2) is 14.6 Å². The lowest BCUT2D eigenvalue weighted by Gasteiger charge is -2.26. The highest BCUT2D eigenvalue weighted by Gasteiger charge is 2.42. The Morgan fingerprint density at radius 3 is 2.67 bits per heavy atom. The first-order valence-corrected chi connectivity index (χ1v) is 8.88. The van der Waals surface area contributed by atoms with Gasteiger partial charge in [0.15, 0.2) is 0 Å². The van der Waals surface area contributed by atoms with Gasteiger partial charge >= 0.3 is 12.1 Å². The number of carboxylic acids is 1. The van der Waals surface area contributed by atoms with E-state index in [-0.39, 0.29) is 13.0 Å². The highest BCUT2D eigenvalue weighted by molar-refractivity contribution is 5.87. The second-order valence-corrected chi connectivity index (χ2v) is 7.80. The SMILES string of the molecule is Cc1ccc2ccnc(OC3CC(C(=O)O)N(C(=O)OC(C)(C)C)C3)c2c1. The van der Waals surface area contributed by atoms with Crippen molar-refractivity contribution < 1.29 is 24.2 Å². The van der Waals surface area contributed by atoms with Gasteiger partial charge in [-0.05, 0) is 45.2 Å². The first-order valence-electron chi connectivity index (χ1n) is 8.88. The molecule has 2 unspecified atom stereocenters. The third-order valence-electron chi connectivity index (χ3n) is 4.34. The average molecular weight is 372 g/mol. The Labute approximate surface area is 157 Å². The largest absolute Gasteiger partial charge is 0.480 e. The van der Waals surface area contributed by atoms with Crippen molar-refractivity contribution in [3.63, 3.8) is 0 Å². The topological polar surface area (TPSA) is 89.0 Å². The van der Waals surface area contributed by atoms with Crippen LogP contribution in [0.5, 0.6) is 5.88 Å². The fourth-order valence-electron chi connectivity index (χ4n) is 3.15. The number of benzene rings is 1. The number of aryl methyl sites for hydroxylation is 1. The molecule has 1 fully saturated rings. The third kappa shape index (κ3) is 4.30. The zero-order valence-electron chi connectivity index (χ0n) is 15.9. The van der Waals surface area contributed by atoms with Gasteiger partial charge in [0, 0.05) is 18.0 Å². The van der Waals surface area contributed by atoms with Crippen LogP contribution in [0, 0.1) is 6.92 Å². The molecule has 0 radical (unpaired) electrons. The molecule has 7 heteroatoms. The summed E-state index contributed by atoms with van der Waals surface area (Å²) in [6, 6.07) is 6.88. The van der Waals surface area contributed by atoms with E-state index in [4.69, 9.17) is 9.47 Å². The number of carbonyl (C=O) groups excluding carboxylic acids is 1. The van der Waals surface area contributed by atoms with E-state index in [1.807, 2.05) is 31.2 Å². The van der Waals surface area contributed by atoms with Gasteiger partial charge in [0.05, 0.1) is 6.54 Å². The summed E-state index contributed by atoms with van der Waals surface area (Å²) in [5.41, 5.74) is 0.374. The van der Waals surface area contributed by atoms with E-state index in [9.17, 15) is 14.7 Å². The molecule has 2 atom stereocenters. The van der Waals surface area contributed by atoms with Crippen molar-refractivity contribution in [2.45, 2.75) is 51.9 Å². The van der Waals surface area contributed by atoms with Crippen molar-refractivity contribution in [2.75, 3.05) is 6.54 Å². The van der Waals surface area contributed by atoms with E-state index in [1.54, 1.807) is 27.0 Å². The van der Waals surface area contributed by atoms with E-state index >= 15 is 0 Å². The van der Waals surface area contributed by atoms with Crippen molar-refractivity contribution in [2.24, 2.45) is 0 Å². The number of pyridine rings is 1. The van der Waals surface area contributed by atoms with Gasteiger partial charge in [0.1, 0.15) is 17.7 Å². The Kier molecular flexibility index (Phi) is 4.95. The van der Waals surface area contributed by atoms with Crippen LogP contribution in [0.25, 0.3) is 10.8 Å². The van der Waals surface area contributed by atoms with Gasteiger partial charge in [-0.2, -0.15) is 0 Å². The summed E-state index contributed by atoms with van der Waals surface area (Å²) >= 11 is 0. The van der Waals surface area contributed by atoms with Crippen molar-refractivity contribution in [1.29, 1.82) is 0 Å². The maximum absolute atomic E-state index is 12.4. The number of carbonyl (C=O) groups is 2. The molecule has 0 saturated carbocycles. The van der Waals surface area contributed by atoms with Crippen LogP contribution in [-0.4, -0.2) is 51.3 Å². The lowest BCUT2D eigenvalue weighted by Crippen LogP contribution is -2.43. The molecule has 0 spiro atoms. The number of rotatable bonds is 3. The smallest absolute Gasteiger partial charge is 0.411 e. The second-order valence-electron chi connectivity index (χ2n) is 7.80. The van der Waals surface area contributed by atoms with E-state index in [0.29, 0.717) is 5.88 Å². The van der Waals surface area contributed by atoms with Crippen LogP contribution in [0.3, 0.4) is 0 Å².